The van der Waals surface area contributed by atoms with E-state index in [1.807, 2.05) is 61.5 Å². The molecule has 1 aromatic heterocycles. The largest absolute Gasteiger partial charge is 0.497 e. The average Bonchev–Trinajstić information content (AvgIpc) is 2.69. The second-order valence-electron chi connectivity index (χ2n) is 5.51. The van der Waals surface area contributed by atoms with Gasteiger partial charge in [0.15, 0.2) is 5.16 Å². The maximum absolute atomic E-state index is 12.7. The van der Waals surface area contributed by atoms with Crippen molar-refractivity contribution < 1.29 is 4.74 Å². The second kappa shape index (κ2) is 8.53. The topological polar surface area (TPSA) is 69.0 Å². The lowest BCUT2D eigenvalue weighted by Crippen LogP contribution is -2.26. The van der Waals surface area contributed by atoms with Gasteiger partial charge in [-0.3, -0.25) is 9.36 Å². The van der Waals surface area contributed by atoms with Crippen LogP contribution in [-0.2, 0) is 12.3 Å². The summed E-state index contributed by atoms with van der Waals surface area (Å²) in [5.74, 6) is 1.75. The molecule has 0 radical (unpaired) electrons. The van der Waals surface area contributed by atoms with Crippen LogP contribution >= 0.6 is 11.8 Å². The van der Waals surface area contributed by atoms with Crippen LogP contribution in [0.3, 0.4) is 0 Å². The number of hydrogen-bond donors (Lipinski definition) is 1. The van der Waals surface area contributed by atoms with Crippen molar-refractivity contribution in [2.75, 3.05) is 12.4 Å². The van der Waals surface area contributed by atoms with Crippen molar-refractivity contribution in [3.63, 3.8) is 0 Å². The number of ether oxygens (including phenoxy) is 1. The number of thioether (sulfide) groups is 1. The molecule has 0 spiro atoms. The van der Waals surface area contributed by atoms with Gasteiger partial charge in [0.2, 0.25) is 5.82 Å². The van der Waals surface area contributed by atoms with Crippen molar-refractivity contribution in [3.8, 4) is 5.75 Å². The van der Waals surface area contributed by atoms with E-state index >= 15 is 0 Å². The molecule has 0 aliphatic carbocycles. The lowest BCUT2D eigenvalue weighted by Gasteiger charge is -2.11. The van der Waals surface area contributed by atoms with Crippen LogP contribution in [0.5, 0.6) is 5.75 Å². The third kappa shape index (κ3) is 4.23. The molecule has 26 heavy (non-hydrogen) atoms. The van der Waals surface area contributed by atoms with Crippen molar-refractivity contribution in [2.45, 2.75) is 24.4 Å². The van der Waals surface area contributed by atoms with Crippen molar-refractivity contribution in [2.24, 2.45) is 0 Å². The molecule has 0 fully saturated rings. The van der Waals surface area contributed by atoms with E-state index in [1.165, 1.54) is 11.8 Å². The molecule has 0 saturated heterocycles. The summed E-state index contributed by atoms with van der Waals surface area (Å²) in [7, 11) is 1.64. The van der Waals surface area contributed by atoms with Gasteiger partial charge in [-0.05, 0) is 36.8 Å². The Labute approximate surface area is 156 Å². The maximum Gasteiger partial charge on any atom is 0.297 e. The molecule has 0 saturated carbocycles. The van der Waals surface area contributed by atoms with E-state index in [1.54, 1.807) is 11.7 Å². The summed E-state index contributed by atoms with van der Waals surface area (Å²) in [5, 5.41) is 12.0. The van der Waals surface area contributed by atoms with Gasteiger partial charge in [-0.15, -0.1) is 10.2 Å². The molecule has 1 heterocycles. The summed E-state index contributed by atoms with van der Waals surface area (Å²) < 4.78 is 6.80. The second-order valence-corrected chi connectivity index (χ2v) is 6.45. The first-order valence-corrected chi connectivity index (χ1v) is 9.25. The fraction of sp³-hybridized carbons (Fsp3) is 0.211. The molecule has 3 rings (SSSR count). The number of benzene rings is 2. The molecular weight excluding hydrogens is 348 g/mol. The Morgan fingerprint density at radius 1 is 1.08 bits per heavy atom. The smallest absolute Gasteiger partial charge is 0.297 e. The van der Waals surface area contributed by atoms with Gasteiger partial charge in [0.05, 0.1) is 7.11 Å². The summed E-state index contributed by atoms with van der Waals surface area (Å²) in [5.41, 5.74) is 1.75. The Kier molecular flexibility index (Phi) is 5.91. The van der Waals surface area contributed by atoms with Gasteiger partial charge < -0.3 is 10.1 Å². The van der Waals surface area contributed by atoms with Gasteiger partial charge in [0.1, 0.15) is 5.75 Å². The molecule has 0 atom stereocenters. The van der Waals surface area contributed by atoms with E-state index in [9.17, 15) is 4.79 Å². The highest BCUT2D eigenvalue weighted by molar-refractivity contribution is 7.98. The first-order chi connectivity index (χ1) is 12.7. The van der Waals surface area contributed by atoms with E-state index in [0.717, 1.165) is 17.0 Å². The molecule has 3 aromatic rings. The minimum absolute atomic E-state index is 0.177. The number of nitrogens with zero attached hydrogens (tertiary/aromatic N) is 3. The molecule has 6 nitrogen and oxygen atoms in total. The molecule has 134 valence electrons. The Balaban J connectivity index is 1.77. The molecule has 2 aromatic carbocycles. The first-order valence-electron chi connectivity index (χ1n) is 8.26. The number of aromatic nitrogens is 3. The Morgan fingerprint density at radius 3 is 2.46 bits per heavy atom. The van der Waals surface area contributed by atoms with Crippen LogP contribution in [0, 0.1) is 0 Å². The normalized spacial score (nSPS) is 10.5. The number of hydrogen-bond acceptors (Lipinski definition) is 6. The van der Waals surface area contributed by atoms with E-state index in [4.69, 9.17) is 4.74 Å². The van der Waals surface area contributed by atoms with Gasteiger partial charge in [-0.1, -0.05) is 42.1 Å². The van der Waals surface area contributed by atoms with Crippen LogP contribution in [-0.4, -0.2) is 21.9 Å². The zero-order valence-corrected chi connectivity index (χ0v) is 15.5. The highest BCUT2D eigenvalue weighted by Gasteiger charge is 2.12. The molecule has 0 bridgehead atoms. The maximum atomic E-state index is 12.7. The summed E-state index contributed by atoms with van der Waals surface area (Å²) in [6.45, 7) is 2.45. The summed E-state index contributed by atoms with van der Waals surface area (Å²) in [4.78, 5) is 12.7. The quantitative estimate of drug-likeness (QED) is 0.641. The first kappa shape index (κ1) is 18.0. The Bertz CT molecular complexity index is 911. The molecule has 0 aliphatic heterocycles. The van der Waals surface area contributed by atoms with Crippen molar-refractivity contribution in [1.29, 1.82) is 0 Å². The van der Waals surface area contributed by atoms with Crippen LogP contribution in [0.25, 0.3) is 0 Å². The van der Waals surface area contributed by atoms with Crippen LogP contribution in [0.4, 0.5) is 11.5 Å². The van der Waals surface area contributed by atoms with Gasteiger partial charge >= 0.3 is 0 Å². The van der Waals surface area contributed by atoms with Crippen molar-refractivity contribution in [3.05, 3.63) is 70.5 Å². The predicted octanol–water partition coefficient (Wildman–Crippen LogP) is 3.70. The Hall–Kier alpha value is -2.80. The van der Waals surface area contributed by atoms with Crippen LogP contribution in [0.15, 0.2) is 64.5 Å². The van der Waals surface area contributed by atoms with Gasteiger partial charge in [0, 0.05) is 18.0 Å². The van der Waals surface area contributed by atoms with Gasteiger partial charge in [-0.2, -0.15) is 0 Å². The lowest BCUT2D eigenvalue weighted by atomic mass is 10.2. The Morgan fingerprint density at radius 2 is 1.81 bits per heavy atom. The average molecular weight is 368 g/mol. The van der Waals surface area contributed by atoms with E-state index in [0.29, 0.717) is 17.5 Å². The highest BCUT2D eigenvalue weighted by Crippen LogP contribution is 2.22. The van der Waals surface area contributed by atoms with E-state index in [-0.39, 0.29) is 11.4 Å². The monoisotopic (exact) mass is 368 g/mol. The number of anilines is 2. The molecular formula is C19H20N4O2S. The minimum Gasteiger partial charge on any atom is -0.497 e. The number of methoxy groups -OCH3 is 1. The molecule has 7 heteroatoms. The van der Waals surface area contributed by atoms with Crippen molar-refractivity contribution >= 4 is 23.3 Å². The van der Waals surface area contributed by atoms with E-state index in [2.05, 4.69) is 15.5 Å². The molecule has 0 amide bonds. The fourth-order valence-electron chi connectivity index (χ4n) is 2.40. The number of nitrogens with one attached hydrogen (secondary N) is 1. The minimum atomic E-state index is -0.177. The van der Waals surface area contributed by atoms with Crippen LogP contribution in [0.2, 0.25) is 0 Å². The predicted molar refractivity (Wildman–Crippen MR) is 104 cm³/mol. The summed E-state index contributed by atoms with van der Waals surface area (Å²) in [6.07, 6.45) is 0. The van der Waals surface area contributed by atoms with E-state index < -0.39 is 0 Å². The SMILES string of the molecule is CCn1c(SCc2ccc(OC)cc2)nnc(Nc2ccccc2)c1=O. The summed E-state index contributed by atoms with van der Waals surface area (Å²) >= 11 is 1.49. The van der Waals surface area contributed by atoms with Crippen LogP contribution < -0.4 is 15.6 Å². The zero-order chi connectivity index (χ0) is 18.4. The summed E-state index contributed by atoms with van der Waals surface area (Å²) in [6, 6.07) is 17.3. The fourth-order valence-corrected chi connectivity index (χ4v) is 3.35. The standard InChI is InChI=1S/C19H20N4O2S/c1-3-23-18(24)17(20-15-7-5-4-6-8-15)21-22-19(23)26-13-14-9-11-16(25-2)12-10-14/h4-12H,3,13H2,1-2H3,(H,20,21). The van der Waals surface area contributed by atoms with Gasteiger partial charge in [-0.25, -0.2) is 0 Å². The molecule has 0 unspecified atom stereocenters. The zero-order valence-electron chi connectivity index (χ0n) is 14.7. The molecule has 0 aliphatic rings. The third-order valence-electron chi connectivity index (χ3n) is 3.79. The molecule has 1 N–H and O–H groups in total. The third-order valence-corrected chi connectivity index (χ3v) is 4.83. The van der Waals surface area contributed by atoms with Crippen LogP contribution in [0.1, 0.15) is 12.5 Å². The van der Waals surface area contributed by atoms with Gasteiger partial charge in [0.25, 0.3) is 5.56 Å². The number of para-hydroxylation sites is 1. The number of rotatable bonds is 7. The highest BCUT2D eigenvalue weighted by atomic mass is 32.2. The lowest BCUT2D eigenvalue weighted by molar-refractivity contribution is 0.414. The van der Waals surface area contributed by atoms with Crippen molar-refractivity contribution in [1.82, 2.24) is 14.8 Å².